The van der Waals surface area contributed by atoms with Crippen LogP contribution in [0.1, 0.15) is 233 Å². The number of hydrogen-bond donors (Lipinski definition) is 3. The van der Waals surface area contributed by atoms with Crippen LogP contribution in [0.4, 0.5) is 0 Å². The van der Waals surface area contributed by atoms with Gasteiger partial charge in [-0.1, -0.05) is 226 Å². The van der Waals surface area contributed by atoms with Crippen molar-refractivity contribution in [2.24, 2.45) is 0 Å². The van der Waals surface area contributed by atoms with E-state index >= 15 is 0 Å². The summed E-state index contributed by atoms with van der Waals surface area (Å²) in [6.07, 6.45) is 46.9. The summed E-state index contributed by atoms with van der Waals surface area (Å²) in [5.41, 5.74) is 0.352. The molecule has 0 aliphatic heterocycles. The topological polar surface area (TPSA) is 121 Å². The van der Waals surface area contributed by atoms with Gasteiger partial charge < -0.3 is 20.1 Å². The molecule has 0 amide bonds. The molecule has 0 rings (SSSR count). The highest BCUT2D eigenvalue weighted by Gasteiger charge is 1.97. The van der Waals surface area contributed by atoms with Gasteiger partial charge >= 0.3 is 17.9 Å². The van der Waals surface area contributed by atoms with Gasteiger partial charge in [0, 0.05) is 30.4 Å². The normalized spacial score (nSPS) is 10.1. The third-order valence-corrected chi connectivity index (χ3v) is 9.19. The number of rotatable bonds is 37. The van der Waals surface area contributed by atoms with E-state index in [1.165, 1.54) is 219 Å². The molecule has 0 aliphatic rings. The minimum atomic E-state index is -0.981. The standard InChI is InChI=1S/C36H74O.2C4H6O2.C3H4O2/c1-3-5-7-9-11-13-15-17-19-21-23-25-27-29-31-33-35-37-36-34-32-30-28-26-24-22-20-18-16-14-12-10-8-6-4-2;2*1-3(2)4(5)6;1-2-3(4)5/h3-36H2,1-2H3;2*1H2,2H3,(H,5,6);2H,1H2,(H,4,5). The summed E-state index contributed by atoms with van der Waals surface area (Å²) >= 11 is 0. The highest BCUT2D eigenvalue weighted by Crippen LogP contribution is 2.15. The Morgan fingerprint density at radius 1 is 0.407 bits per heavy atom. The van der Waals surface area contributed by atoms with Crippen molar-refractivity contribution in [2.45, 2.75) is 233 Å². The number of aliphatic carboxylic acids is 3. The van der Waals surface area contributed by atoms with Crippen molar-refractivity contribution in [3.8, 4) is 0 Å². The number of hydrogen-bond acceptors (Lipinski definition) is 4. The van der Waals surface area contributed by atoms with Crippen molar-refractivity contribution in [2.75, 3.05) is 13.2 Å². The molecular weight excluding hydrogens is 677 g/mol. The Labute approximate surface area is 334 Å². The van der Waals surface area contributed by atoms with Gasteiger partial charge in [-0.05, 0) is 26.7 Å². The average Bonchev–Trinajstić information content (AvgIpc) is 3.14. The molecule has 0 saturated carbocycles. The average molecular weight is 767 g/mol. The highest BCUT2D eigenvalue weighted by molar-refractivity contribution is 5.85. The van der Waals surface area contributed by atoms with Crippen LogP contribution in [0.25, 0.3) is 0 Å². The Balaban J connectivity index is -0.000000602. The first-order chi connectivity index (χ1) is 26.0. The minimum absolute atomic E-state index is 0.176. The molecular formula is C47H90O7. The number of unbranched alkanes of at least 4 members (excludes halogenated alkanes) is 30. The molecule has 0 heterocycles. The van der Waals surface area contributed by atoms with Crippen molar-refractivity contribution < 1.29 is 34.4 Å². The van der Waals surface area contributed by atoms with E-state index in [-0.39, 0.29) is 11.1 Å². The zero-order valence-corrected chi connectivity index (χ0v) is 36.2. The summed E-state index contributed by atoms with van der Waals surface area (Å²) in [5, 5.41) is 23.4. The molecule has 0 saturated heterocycles. The predicted molar refractivity (Wildman–Crippen MR) is 233 cm³/mol. The van der Waals surface area contributed by atoms with E-state index in [1.807, 2.05) is 0 Å². The summed E-state index contributed by atoms with van der Waals surface area (Å²) < 4.78 is 5.87. The molecule has 0 aromatic rings. The van der Waals surface area contributed by atoms with Gasteiger partial charge in [-0.3, -0.25) is 0 Å². The van der Waals surface area contributed by atoms with Crippen molar-refractivity contribution in [1.29, 1.82) is 0 Å². The molecule has 0 atom stereocenters. The van der Waals surface area contributed by atoms with Crippen molar-refractivity contribution in [1.82, 2.24) is 0 Å². The molecule has 7 nitrogen and oxygen atoms in total. The number of ether oxygens (including phenoxy) is 1. The Morgan fingerprint density at radius 2 is 0.556 bits per heavy atom. The second kappa shape index (κ2) is 52.7. The second-order valence-corrected chi connectivity index (χ2v) is 14.9. The first-order valence-electron chi connectivity index (χ1n) is 22.2. The van der Waals surface area contributed by atoms with Crippen LogP contribution in [0.15, 0.2) is 37.0 Å². The van der Waals surface area contributed by atoms with Gasteiger partial charge in [-0.15, -0.1) is 0 Å². The highest BCUT2D eigenvalue weighted by atomic mass is 16.5. The van der Waals surface area contributed by atoms with Gasteiger partial charge in [0.2, 0.25) is 0 Å². The summed E-state index contributed by atoms with van der Waals surface area (Å²) in [6, 6.07) is 0. The van der Waals surface area contributed by atoms with Gasteiger partial charge in [0.15, 0.2) is 0 Å². The Morgan fingerprint density at radius 3 is 0.685 bits per heavy atom. The van der Waals surface area contributed by atoms with Crippen LogP contribution >= 0.6 is 0 Å². The zero-order valence-electron chi connectivity index (χ0n) is 36.2. The SMILES string of the molecule is C=C(C)C(=O)O.C=C(C)C(=O)O.C=CC(=O)O.CCCCCCCCCCCCCCCCCCOCCCCCCCCCCCCCCCCCC. The van der Waals surface area contributed by atoms with Crippen LogP contribution < -0.4 is 0 Å². The molecule has 0 spiro atoms. The minimum Gasteiger partial charge on any atom is -0.478 e. The fraction of sp³-hybridized carbons (Fsp3) is 0.809. The van der Waals surface area contributed by atoms with Crippen molar-refractivity contribution in [3.05, 3.63) is 37.0 Å². The first-order valence-corrected chi connectivity index (χ1v) is 22.2. The Hall–Kier alpha value is -2.41. The number of carbonyl (C=O) groups is 3. The van der Waals surface area contributed by atoms with Gasteiger partial charge in [-0.2, -0.15) is 0 Å². The number of carboxylic acid groups (broad SMARTS) is 3. The first kappa shape index (κ1) is 58.3. The molecule has 320 valence electrons. The van der Waals surface area contributed by atoms with Crippen LogP contribution in [0.2, 0.25) is 0 Å². The van der Waals surface area contributed by atoms with Gasteiger partial charge in [0.05, 0.1) is 0 Å². The maximum Gasteiger partial charge on any atom is 0.330 e. The quantitative estimate of drug-likeness (QED) is 0.0425. The van der Waals surface area contributed by atoms with Crippen LogP contribution in [-0.2, 0) is 19.1 Å². The van der Waals surface area contributed by atoms with E-state index in [9.17, 15) is 14.4 Å². The lowest BCUT2D eigenvalue weighted by Gasteiger charge is -2.06. The summed E-state index contributed by atoms with van der Waals surface area (Å²) in [5.74, 6) is -2.85. The lowest BCUT2D eigenvalue weighted by Crippen LogP contribution is -1.97. The van der Waals surface area contributed by atoms with E-state index in [0.29, 0.717) is 0 Å². The van der Waals surface area contributed by atoms with Gasteiger partial charge in [0.1, 0.15) is 0 Å². The molecule has 7 heteroatoms. The lowest BCUT2D eigenvalue weighted by molar-refractivity contribution is -0.133. The third kappa shape index (κ3) is 67.7. The maximum atomic E-state index is 9.60. The van der Waals surface area contributed by atoms with E-state index in [4.69, 9.17) is 20.1 Å². The fourth-order valence-corrected chi connectivity index (χ4v) is 5.61. The van der Waals surface area contributed by atoms with Crippen LogP contribution in [-0.4, -0.2) is 46.4 Å². The largest absolute Gasteiger partial charge is 0.478 e. The Bertz CT molecular complexity index is 754. The predicted octanol–water partition coefficient (Wildman–Crippen LogP) is 15.1. The van der Waals surface area contributed by atoms with Crippen molar-refractivity contribution >= 4 is 17.9 Å². The molecule has 0 aromatic carbocycles. The maximum absolute atomic E-state index is 9.60. The van der Waals surface area contributed by atoms with E-state index in [1.54, 1.807) is 0 Å². The molecule has 54 heavy (non-hydrogen) atoms. The number of carboxylic acids is 3. The zero-order chi connectivity index (χ0) is 41.3. The molecule has 0 radical (unpaired) electrons. The lowest BCUT2D eigenvalue weighted by atomic mass is 10.0. The van der Waals surface area contributed by atoms with E-state index < -0.39 is 17.9 Å². The molecule has 0 bridgehead atoms. The smallest absolute Gasteiger partial charge is 0.330 e. The van der Waals surface area contributed by atoms with Gasteiger partial charge in [0.25, 0.3) is 0 Å². The monoisotopic (exact) mass is 767 g/mol. The summed E-state index contributed by atoms with van der Waals surface area (Å²) in [6.45, 7) is 18.8. The van der Waals surface area contributed by atoms with Crippen LogP contribution in [0, 0.1) is 0 Å². The summed E-state index contributed by atoms with van der Waals surface area (Å²) in [4.78, 5) is 28.4. The molecule has 3 N–H and O–H groups in total. The van der Waals surface area contributed by atoms with E-state index in [2.05, 4.69) is 33.6 Å². The van der Waals surface area contributed by atoms with Crippen molar-refractivity contribution in [3.63, 3.8) is 0 Å². The second-order valence-electron chi connectivity index (χ2n) is 14.9. The fourth-order valence-electron chi connectivity index (χ4n) is 5.61. The molecule has 0 aliphatic carbocycles. The molecule has 0 aromatic heterocycles. The van der Waals surface area contributed by atoms with Crippen LogP contribution in [0.3, 0.4) is 0 Å². The van der Waals surface area contributed by atoms with Crippen LogP contribution in [0.5, 0.6) is 0 Å². The molecule has 0 fully saturated rings. The Kier molecular flexibility index (Phi) is 56.9. The molecule has 0 unspecified atom stereocenters. The summed E-state index contributed by atoms with van der Waals surface area (Å²) in [7, 11) is 0. The third-order valence-electron chi connectivity index (χ3n) is 9.19. The van der Waals surface area contributed by atoms with E-state index in [0.717, 1.165) is 19.3 Å². The van der Waals surface area contributed by atoms with Gasteiger partial charge in [-0.25, -0.2) is 14.4 Å².